The molecule has 0 fully saturated rings. The summed E-state index contributed by atoms with van der Waals surface area (Å²) in [6.45, 7) is 10.5. The molecule has 208 valence electrons. The van der Waals surface area contributed by atoms with E-state index in [2.05, 4.69) is 64.1 Å². The van der Waals surface area contributed by atoms with Gasteiger partial charge >= 0.3 is 0 Å². The van der Waals surface area contributed by atoms with E-state index >= 15 is 0 Å². The normalized spacial score (nSPS) is 23.7. The third kappa shape index (κ3) is 8.72. The molecule has 4 atom stereocenters. The zero-order valence-corrected chi connectivity index (χ0v) is 24.6. The van der Waals surface area contributed by atoms with Gasteiger partial charge in [-0.05, 0) is 49.0 Å². The van der Waals surface area contributed by atoms with E-state index in [9.17, 15) is 4.79 Å². The van der Waals surface area contributed by atoms with Crippen LogP contribution >= 0.6 is 0 Å². The SMILES string of the molecule is CC[Si](CC)(CC)O[C@@H]1C=C[C@](C)(OCc2ccccc2)[C@@H](CCCOCc2ccccc2)O[C@H]1CC=O. The van der Waals surface area contributed by atoms with Crippen molar-refractivity contribution in [3.63, 3.8) is 0 Å². The second-order valence-electron chi connectivity index (χ2n) is 10.4. The topological polar surface area (TPSA) is 54.0 Å². The summed E-state index contributed by atoms with van der Waals surface area (Å²) in [5.74, 6) is 0. The Labute approximate surface area is 230 Å². The largest absolute Gasteiger partial charge is 0.408 e. The minimum atomic E-state index is -1.91. The molecule has 1 aliphatic heterocycles. The predicted molar refractivity (Wildman–Crippen MR) is 156 cm³/mol. The molecular formula is C32H46O5Si. The first kappa shape index (κ1) is 30.4. The highest BCUT2D eigenvalue weighted by atomic mass is 28.4. The summed E-state index contributed by atoms with van der Waals surface area (Å²) in [6.07, 6.45) is 6.24. The second-order valence-corrected chi connectivity index (χ2v) is 15.1. The van der Waals surface area contributed by atoms with Crippen LogP contribution in [-0.2, 0) is 36.6 Å². The van der Waals surface area contributed by atoms with Gasteiger partial charge in [0.15, 0.2) is 8.32 Å². The lowest BCUT2D eigenvalue weighted by atomic mass is 9.94. The summed E-state index contributed by atoms with van der Waals surface area (Å²) >= 11 is 0. The molecule has 0 spiro atoms. The molecule has 0 N–H and O–H groups in total. The van der Waals surface area contributed by atoms with Crippen LogP contribution in [0.3, 0.4) is 0 Å². The van der Waals surface area contributed by atoms with Crippen LogP contribution in [0, 0.1) is 0 Å². The van der Waals surface area contributed by atoms with Gasteiger partial charge in [-0.25, -0.2) is 0 Å². The first-order chi connectivity index (χ1) is 18.5. The molecule has 38 heavy (non-hydrogen) atoms. The Kier molecular flexibility index (Phi) is 12.4. The smallest absolute Gasteiger partial charge is 0.193 e. The summed E-state index contributed by atoms with van der Waals surface area (Å²) in [7, 11) is -1.91. The molecule has 0 unspecified atom stereocenters. The van der Waals surface area contributed by atoms with Gasteiger partial charge in [-0.3, -0.25) is 0 Å². The second kappa shape index (κ2) is 15.5. The first-order valence-electron chi connectivity index (χ1n) is 14.2. The van der Waals surface area contributed by atoms with E-state index in [1.165, 1.54) is 5.56 Å². The van der Waals surface area contributed by atoms with E-state index < -0.39 is 13.9 Å². The van der Waals surface area contributed by atoms with Gasteiger partial charge < -0.3 is 23.4 Å². The maximum atomic E-state index is 11.7. The Balaban J connectivity index is 1.75. The molecule has 0 saturated heterocycles. The molecule has 6 heteroatoms. The quantitative estimate of drug-likeness (QED) is 0.0974. The lowest BCUT2D eigenvalue weighted by Gasteiger charge is -2.37. The Hall–Kier alpha value is -2.09. The van der Waals surface area contributed by atoms with Crippen molar-refractivity contribution in [3.05, 3.63) is 83.9 Å². The average molecular weight is 539 g/mol. The number of aldehydes is 1. The average Bonchev–Trinajstić information content (AvgIpc) is 3.08. The van der Waals surface area contributed by atoms with Crippen molar-refractivity contribution in [1.82, 2.24) is 0 Å². The minimum absolute atomic E-state index is 0.234. The Bertz CT molecular complexity index is 954. The molecule has 0 amide bonds. The predicted octanol–water partition coefficient (Wildman–Crippen LogP) is 7.26. The standard InChI is InChI=1S/C32H46O5Si/c1-5-38(6-2,7-3)37-30-20-22-32(4,35-26-28-17-12-9-13-18-28)31(36-29(30)21-23-33)19-14-24-34-25-27-15-10-8-11-16-27/h8-13,15-18,20,22-23,29-31H,5-7,14,19,21,24-26H2,1-4H3/t29-,30+,31+,32-/m0/s1. The Morgan fingerprint density at radius 1 is 0.921 bits per heavy atom. The van der Waals surface area contributed by atoms with Crippen molar-refractivity contribution in [2.45, 2.75) is 102 Å². The number of hydrogen-bond acceptors (Lipinski definition) is 5. The summed E-state index contributed by atoms with van der Waals surface area (Å²) < 4.78 is 26.1. The van der Waals surface area contributed by atoms with E-state index in [0.29, 0.717) is 26.2 Å². The van der Waals surface area contributed by atoms with E-state index in [4.69, 9.17) is 18.6 Å². The number of rotatable bonds is 16. The zero-order chi connectivity index (χ0) is 27.3. The van der Waals surface area contributed by atoms with Gasteiger partial charge in [-0.2, -0.15) is 0 Å². The number of hydrogen-bond donors (Lipinski definition) is 0. The van der Waals surface area contributed by atoms with Crippen LogP contribution in [0.5, 0.6) is 0 Å². The van der Waals surface area contributed by atoms with Crippen LogP contribution in [0.15, 0.2) is 72.8 Å². The molecule has 3 rings (SSSR count). The molecule has 0 radical (unpaired) electrons. The fraction of sp³-hybridized carbons (Fsp3) is 0.531. The van der Waals surface area contributed by atoms with E-state index in [1.807, 2.05) is 36.4 Å². The maximum absolute atomic E-state index is 11.7. The molecular weight excluding hydrogens is 492 g/mol. The number of benzene rings is 2. The van der Waals surface area contributed by atoms with Crippen LogP contribution in [0.2, 0.25) is 18.1 Å². The first-order valence-corrected chi connectivity index (χ1v) is 16.8. The molecule has 0 aromatic heterocycles. The molecule has 1 aliphatic rings. The highest BCUT2D eigenvalue weighted by Gasteiger charge is 2.42. The van der Waals surface area contributed by atoms with Crippen molar-refractivity contribution >= 4 is 14.6 Å². The van der Waals surface area contributed by atoms with Gasteiger partial charge in [-0.15, -0.1) is 0 Å². The van der Waals surface area contributed by atoms with E-state index in [-0.39, 0.29) is 18.3 Å². The number of carbonyl (C=O) groups is 1. The summed E-state index contributed by atoms with van der Waals surface area (Å²) in [5, 5.41) is 0. The Morgan fingerprint density at radius 3 is 2.11 bits per heavy atom. The minimum Gasteiger partial charge on any atom is -0.408 e. The van der Waals surface area contributed by atoms with Gasteiger partial charge in [-0.1, -0.05) is 93.6 Å². The van der Waals surface area contributed by atoms with E-state index in [0.717, 1.165) is 42.8 Å². The van der Waals surface area contributed by atoms with Gasteiger partial charge in [0.1, 0.15) is 11.9 Å². The van der Waals surface area contributed by atoms with Crippen LogP contribution < -0.4 is 0 Å². The highest BCUT2D eigenvalue weighted by molar-refractivity contribution is 6.73. The summed E-state index contributed by atoms with van der Waals surface area (Å²) in [6, 6.07) is 23.5. The van der Waals surface area contributed by atoms with Gasteiger partial charge in [0.25, 0.3) is 0 Å². The molecule has 1 heterocycles. The Morgan fingerprint density at radius 2 is 1.53 bits per heavy atom. The van der Waals surface area contributed by atoms with Crippen LogP contribution in [-0.4, -0.2) is 45.1 Å². The molecule has 0 saturated carbocycles. The molecule has 2 aromatic rings. The third-order valence-electron chi connectivity index (χ3n) is 7.87. The summed E-state index contributed by atoms with van der Waals surface area (Å²) in [4.78, 5) is 11.7. The third-order valence-corrected chi connectivity index (χ3v) is 12.5. The molecule has 2 aromatic carbocycles. The number of carbonyl (C=O) groups excluding carboxylic acids is 1. The molecule has 5 nitrogen and oxygen atoms in total. The fourth-order valence-corrected chi connectivity index (χ4v) is 7.88. The van der Waals surface area contributed by atoms with Gasteiger partial charge in [0.2, 0.25) is 0 Å². The van der Waals surface area contributed by atoms with Crippen molar-refractivity contribution in [2.75, 3.05) is 6.61 Å². The van der Waals surface area contributed by atoms with Gasteiger partial charge in [0.05, 0.1) is 31.5 Å². The van der Waals surface area contributed by atoms with E-state index in [1.54, 1.807) is 0 Å². The molecule has 0 aliphatic carbocycles. The lowest BCUT2D eigenvalue weighted by Crippen LogP contribution is -2.46. The van der Waals surface area contributed by atoms with Crippen LogP contribution in [0.4, 0.5) is 0 Å². The maximum Gasteiger partial charge on any atom is 0.193 e. The fourth-order valence-electron chi connectivity index (χ4n) is 5.07. The molecule has 0 bridgehead atoms. The lowest BCUT2D eigenvalue weighted by molar-refractivity contribution is -0.152. The number of ether oxygens (including phenoxy) is 3. The van der Waals surface area contributed by atoms with Crippen molar-refractivity contribution in [3.8, 4) is 0 Å². The van der Waals surface area contributed by atoms with Crippen LogP contribution in [0.1, 0.15) is 58.1 Å². The van der Waals surface area contributed by atoms with Crippen molar-refractivity contribution in [1.29, 1.82) is 0 Å². The van der Waals surface area contributed by atoms with Crippen LogP contribution in [0.25, 0.3) is 0 Å². The van der Waals surface area contributed by atoms with Crippen molar-refractivity contribution < 1.29 is 23.4 Å². The van der Waals surface area contributed by atoms with Gasteiger partial charge in [0, 0.05) is 13.0 Å². The summed E-state index contributed by atoms with van der Waals surface area (Å²) in [5.41, 5.74) is 1.62. The zero-order valence-electron chi connectivity index (χ0n) is 23.6. The highest BCUT2D eigenvalue weighted by Crippen LogP contribution is 2.34. The monoisotopic (exact) mass is 538 g/mol. The van der Waals surface area contributed by atoms with Crippen molar-refractivity contribution in [2.24, 2.45) is 0 Å².